The predicted octanol–water partition coefficient (Wildman–Crippen LogP) is 6.47. The van der Waals surface area contributed by atoms with E-state index < -0.39 is 0 Å². The van der Waals surface area contributed by atoms with E-state index >= 15 is 0 Å². The second-order valence-corrected chi connectivity index (χ2v) is 9.88. The van der Waals surface area contributed by atoms with Crippen LogP contribution in [0.2, 0.25) is 0 Å². The number of phenolic OH excluding ortho intramolecular Hbond substituents is 3. The normalized spacial score (nSPS) is 16.0. The van der Waals surface area contributed by atoms with Crippen molar-refractivity contribution in [2.24, 2.45) is 10.8 Å². The van der Waals surface area contributed by atoms with Gasteiger partial charge in [-0.25, -0.2) is 0 Å². The SMILES string of the molecule is CC(C)(C)CCCCCc1cc(CCCCC2(C)CC2)c(O)c(O)c1O. The summed E-state index contributed by atoms with van der Waals surface area (Å²) in [6.07, 6.45) is 12.1. The van der Waals surface area contributed by atoms with Crippen LogP contribution in [-0.4, -0.2) is 15.3 Å². The molecule has 0 saturated heterocycles. The fourth-order valence-electron chi connectivity index (χ4n) is 3.62. The highest BCUT2D eigenvalue weighted by atomic mass is 16.3. The highest BCUT2D eigenvalue weighted by Crippen LogP contribution is 2.49. The minimum absolute atomic E-state index is 0.142. The maximum atomic E-state index is 10.2. The van der Waals surface area contributed by atoms with Gasteiger partial charge in [0.25, 0.3) is 0 Å². The molecule has 0 unspecified atom stereocenters. The number of hydrogen-bond donors (Lipinski definition) is 3. The molecule has 3 heteroatoms. The Kier molecular flexibility index (Phi) is 6.87. The number of phenols is 3. The van der Waals surface area contributed by atoms with Gasteiger partial charge in [0, 0.05) is 0 Å². The third-order valence-corrected chi connectivity index (χ3v) is 5.86. The molecular weight excluding hydrogens is 324 g/mol. The maximum Gasteiger partial charge on any atom is 0.200 e. The lowest BCUT2D eigenvalue weighted by atomic mass is 9.89. The Balaban J connectivity index is 1.86. The Labute approximate surface area is 159 Å². The molecule has 0 amide bonds. The molecule has 1 aliphatic carbocycles. The third kappa shape index (κ3) is 6.41. The largest absolute Gasteiger partial charge is 0.504 e. The van der Waals surface area contributed by atoms with Crippen molar-refractivity contribution in [1.29, 1.82) is 0 Å². The second-order valence-electron chi connectivity index (χ2n) is 9.88. The van der Waals surface area contributed by atoms with Gasteiger partial charge in [0.1, 0.15) is 0 Å². The summed E-state index contributed by atoms with van der Waals surface area (Å²) in [6, 6.07) is 1.90. The molecule has 0 heterocycles. The lowest BCUT2D eigenvalue weighted by Gasteiger charge is -2.17. The smallest absolute Gasteiger partial charge is 0.200 e. The topological polar surface area (TPSA) is 60.7 Å². The van der Waals surface area contributed by atoms with Crippen LogP contribution in [0.1, 0.15) is 96.6 Å². The molecule has 3 nitrogen and oxygen atoms in total. The summed E-state index contributed by atoms with van der Waals surface area (Å²) in [5.41, 5.74) is 2.47. The van der Waals surface area contributed by atoms with Crippen molar-refractivity contribution in [2.45, 2.75) is 98.3 Å². The third-order valence-electron chi connectivity index (χ3n) is 5.86. The van der Waals surface area contributed by atoms with Gasteiger partial charge in [0.15, 0.2) is 11.5 Å². The number of unbranched alkanes of at least 4 members (excludes halogenated alkanes) is 3. The van der Waals surface area contributed by atoms with Gasteiger partial charge in [0.05, 0.1) is 0 Å². The van der Waals surface area contributed by atoms with E-state index in [1.54, 1.807) is 0 Å². The number of aromatic hydroxyl groups is 3. The first-order valence-electron chi connectivity index (χ1n) is 10.4. The molecule has 0 aliphatic heterocycles. The standard InChI is InChI=1S/C23H38O3/c1-22(2,3)12-8-5-6-10-17-16-18(20(25)21(26)19(17)24)11-7-9-13-23(4)14-15-23/h16,24-26H,5-15H2,1-4H3. The van der Waals surface area contributed by atoms with E-state index in [9.17, 15) is 15.3 Å². The van der Waals surface area contributed by atoms with Crippen molar-refractivity contribution in [2.75, 3.05) is 0 Å². The summed E-state index contributed by atoms with van der Waals surface area (Å²) in [5, 5.41) is 30.4. The molecule has 0 radical (unpaired) electrons. The Morgan fingerprint density at radius 2 is 1.35 bits per heavy atom. The summed E-state index contributed by atoms with van der Waals surface area (Å²) >= 11 is 0. The number of rotatable bonds is 10. The molecule has 0 bridgehead atoms. The first-order valence-corrected chi connectivity index (χ1v) is 10.4. The fraction of sp³-hybridized carbons (Fsp3) is 0.739. The quantitative estimate of drug-likeness (QED) is 0.330. The van der Waals surface area contributed by atoms with Gasteiger partial charge in [0.2, 0.25) is 5.75 Å². The summed E-state index contributed by atoms with van der Waals surface area (Å²) < 4.78 is 0. The Morgan fingerprint density at radius 1 is 0.808 bits per heavy atom. The highest BCUT2D eigenvalue weighted by Gasteiger charge is 2.35. The van der Waals surface area contributed by atoms with Crippen LogP contribution in [0.25, 0.3) is 0 Å². The van der Waals surface area contributed by atoms with Crippen LogP contribution in [0.5, 0.6) is 17.2 Å². The minimum atomic E-state index is -0.346. The summed E-state index contributed by atoms with van der Waals surface area (Å²) in [4.78, 5) is 0. The van der Waals surface area contributed by atoms with Gasteiger partial charge < -0.3 is 15.3 Å². The molecule has 0 spiro atoms. The van der Waals surface area contributed by atoms with Crippen LogP contribution in [0.15, 0.2) is 6.07 Å². The molecule has 1 aromatic carbocycles. The fourth-order valence-corrected chi connectivity index (χ4v) is 3.62. The van der Waals surface area contributed by atoms with Gasteiger partial charge >= 0.3 is 0 Å². The van der Waals surface area contributed by atoms with E-state index in [1.165, 1.54) is 32.1 Å². The molecule has 1 fully saturated rings. The average molecular weight is 363 g/mol. The van der Waals surface area contributed by atoms with Crippen LogP contribution in [0, 0.1) is 10.8 Å². The number of benzene rings is 1. The first kappa shape index (κ1) is 20.9. The van der Waals surface area contributed by atoms with Gasteiger partial charge in [-0.05, 0) is 79.4 Å². The first-order chi connectivity index (χ1) is 12.1. The zero-order chi connectivity index (χ0) is 19.4. The molecule has 3 N–H and O–H groups in total. The van der Waals surface area contributed by atoms with Crippen molar-refractivity contribution >= 4 is 0 Å². The molecular formula is C23H38O3. The number of hydrogen-bond acceptors (Lipinski definition) is 3. The highest BCUT2D eigenvalue weighted by molar-refractivity contribution is 5.57. The van der Waals surface area contributed by atoms with Gasteiger partial charge in [-0.2, -0.15) is 0 Å². The minimum Gasteiger partial charge on any atom is -0.504 e. The average Bonchev–Trinajstić information content (AvgIpc) is 3.29. The second kappa shape index (κ2) is 8.54. The van der Waals surface area contributed by atoms with E-state index in [4.69, 9.17) is 0 Å². The van der Waals surface area contributed by atoms with E-state index in [1.807, 2.05) is 6.07 Å². The molecule has 1 saturated carbocycles. The van der Waals surface area contributed by atoms with Gasteiger partial charge in [-0.15, -0.1) is 0 Å². The predicted molar refractivity (Wildman–Crippen MR) is 108 cm³/mol. The van der Waals surface area contributed by atoms with Crippen molar-refractivity contribution in [1.82, 2.24) is 0 Å². The van der Waals surface area contributed by atoms with Crippen LogP contribution in [0.3, 0.4) is 0 Å². The van der Waals surface area contributed by atoms with Crippen LogP contribution in [0.4, 0.5) is 0 Å². The summed E-state index contributed by atoms with van der Waals surface area (Å²) in [7, 11) is 0. The monoisotopic (exact) mass is 362 g/mol. The molecule has 2 rings (SSSR count). The van der Waals surface area contributed by atoms with Crippen LogP contribution in [-0.2, 0) is 12.8 Å². The lowest BCUT2D eigenvalue weighted by molar-refractivity contribution is 0.354. The maximum absolute atomic E-state index is 10.2. The van der Waals surface area contributed by atoms with E-state index in [-0.39, 0.29) is 17.2 Å². The van der Waals surface area contributed by atoms with Crippen molar-refractivity contribution in [3.63, 3.8) is 0 Å². The Bertz CT molecular complexity index is 594. The van der Waals surface area contributed by atoms with Gasteiger partial charge in [-0.1, -0.05) is 47.0 Å². The number of aryl methyl sites for hydroxylation is 2. The van der Waals surface area contributed by atoms with Gasteiger partial charge in [-0.3, -0.25) is 0 Å². The summed E-state index contributed by atoms with van der Waals surface area (Å²) in [5.74, 6) is -0.634. The zero-order valence-corrected chi connectivity index (χ0v) is 17.2. The molecule has 0 atom stereocenters. The van der Waals surface area contributed by atoms with Crippen molar-refractivity contribution in [3.05, 3.63) is 17.2 Å². The van der Waals surface area contributed by atoms with Crippen molar-refractivity contribution in [3.8, 4) is 17.2 Å². The van der Waals surface area contributed by atoms with Crippen LogP contribution < -0.4 is 0 Å². The molecule has 0 aromatic heterocycles. The molecule has 148 valence electrons. The lowest BCUT2D eigenvalue weighted by Crippen LogP contribution is -2.04. The molecule has 26 heavy (non-hydrogen) atoms. The van der Waals surface area contributed by atoms with E-state index in [2.05, 4.69) is 27.7 Å². The Morgan fingerprint density at radius 3 is 1.85 bits per heavy atom. The van der Waals surface area contributed by atoms with E-state index in [0.29, 0.717) is 10.8 Å². The molecule has 1 aromatic rings. The summed E-state index contributed by atoms with van der Waals surface area (Å²) in [6.45, 7) is 9.11. The van der Waals surface area contributed by atoms with E-state index in [0.717, 1.165) is 49.7 Å². The van der Waals surface area contributed by atoms with Crippen LogP contribution >= 0.6 is 0 Å². The Hall–Kier alpha value is -1.38. The zero-order valence-electron chi connectivity index (χ0n) is 17.2. The molecule has 1 aliphatic rings. The van der Waals surface area contributed by atoms with Crippen molar-refractivity contribution < 1.29 is 15.3 Å².